The summed E-state index contributed by atoms with van der Waals surface area (Å²) < 4.78 is 32.5. The second-order valence-corrected chi connectivity index (χ2v) is 4.94. The molecule has 1 aromatic rings. The predicted octanol–water partition coefficient (Wildman–Crippen LogP) is 0.974. The van der Waals surface area contributed by atoms with Gasteiger partial charge in [0.15, 0.2) is 5.69 Å². The molecule has 1 aliphatic carbocycles. The van der Waals surface area contributed by atoms with Crippen LogP contribution in [0, 0.1) is 0 Å². The van der Waals surface area contributed by atoms with Gasteiger partial charge in [0.1, 0.15) is 12.1 Å². The lowest BCUT2D eigenvalue weighted by atomic mass is 10.1. The number of nitrogens with one attached hydrogen (secondary N) is 1. The molecule has 1 amide bonds. The molecule has 6 nitrogen and oxygen atoms in total. The van der Waals surface area contributed by atoms with Gasteiger partial charge in [-0.2, -0.15) is 0 Å². The molecular formula is C12H15F2N3O3. The first kappa shape index (κ1) is 14.4. The number of halogens is 2. The Hall–Kier alpha value is -1.99. The number of alkyl halides is 2. The number of hydrogen-bond acceptors (Lipinski definition) is 4. The van der Waals surface area contributed by atoms with Crippen LogP contribution in [0.3, 0.4) is 0 Å². The van der Waals surface area contributed by atoms with E-state index in [1.807, 2.05) is 0 Å². The van der Waals surface area contributed by atoms with Crippen LogP contribution in [0.5, 0.6) is 0 Å². The Kier molecular flexibility index (Phi) is 3.49. The van der Waals surface area contributed by atoms with E-state index in [2.05, 4.69) is 15.0 Å². The molecule has 1 saturated carbocycles. The van der Waals surface area contributed by atoms with Crippen LogP contribution < -0.4 is 5.32 Å². The third kappa shape index (κ3) is 2.78. The predicted molar refractivity (Wildman–Crippen MR) is 64.3 cm³/mol. The minimum atomic E-state index is -2.95. The van der Waals surface area contributed by atoms with Crippen molar-refractivity contribution in [3.05, 3.63) is 18.2 Å². The van der Waals surface area contributed by atoms with Crippen molar-refractivity contribution in [1.82, 2.24) is 14.9 Å². The normalized spacial score (nSPS) is 16.6. The summed E-state index contributed by atoms with van der Waals surface area (Å²) in [4.78, 5) is 26.7. The fourth-order valence-electron chi connectivity index (χ4n) is 1.93. The van der Waals surface area contributed by atoms with Gasteiger partial charge in [0, 0.05) is 13.1 Å². The van der Waals surface area contributed by atoms with E-state index < -0.39 is 23.3 Å². The number of hydrogen-bond donors (Lipinski definition) is 1. The van der Waals surface area contributed by atoms with Crippen LogP contribution in [-0.4, -0.2) is 40.0 Å². The van der Waals surface area contributed by atoms with Crippen LogP contribution in [-0.2, 0) is 16.1 Å². The summed E-state index contributed by atoms with van der Waals surface area (Å²) in [5, 5.41) is 2.35. The number of carbonyl (C=O) groups excluding carboxylic acids is 2. The molecule has 0 aliphatic heterocycles. The van der Waals surface area contributed by atoms with Gasteiger partial charge in [-0.3, -0.25) is 4.79 Å². The lowest BCUT2D eigenvalue weighted by Gasteiger charge is -2.24. The SMILES string of the molecule is COC(=O)c1cn(CC(=O)NC2(C(C)(F)F)CC2)cn1. The Morgan fingerprint density at radius 3 is 2.70 bits per heavy atom. The Labute approximate surface area is 114 Å². The molecule has 0 atom stereocenters. The number of imidazole rings is 1. The standard InChI is InChI=1S/C12H15F2N3O3/c1-11(13,14)12(3-4-12)16-9(18)6-17-5-8(15-7-17)10(19)20-2/h5,7H,3-4,6H2,1-2H3,(H,16,18). The van der Waals surface area contributed by atoms with E-state index >= 15 is 0 Å². The van der Waals surface area contributed by atoms with Crippen molar-refractivity contribution in [1.29, 1.82) is 0 Å². The van der Waals surface area contributed by atoms with Gasteiger partial charge in [0.2, 0.25) is 5.91 Å². The number of carbonyl (C=O) groups is 2. The quantitative estimate of drug-likeness (QED) is 0.819. The number of amides is 1. The number of rotatable bonds is 5. The van der Waals surface area contributed by atoms with Crippen molar-refractivity contribution in [2.45, 2.75) is 37.8 Å². The second kappa shape index (κ2) is 4.84. The minimum Gasteiger partial charge on any atom is -0.464 e. The number of nitrogens with zero attached hydrogens (tertiary/aromatic N) is 2. The van der Waals surface area contributed by atoms with E-state index in [0.717, 1.165) is 6.92 Å². The van der Waals surface area contributed by atoms with Crippen LogP contribution in [0.1, 0.15) is 30.3 Å². The first-order valence-electron chi connectivity index (χ1n) is 6.06. The van der Waals surface area contributed by atoms with Crippen LogP contribution in [0.25, 0.3) is 0 Å². The van der Waals surface area contributed by atoms with Crippen molar-refractivity contribution >= 4 is 11.9 Å². The van der Waals surface area contributed by atoms with Crippen molar-refractivity contribution < 1.29 is 23.1 Å². The average molecular weight is 287 g/mol. The summed E-state index contributed by atoms with van der Waals surface area (Å²) >= 11 is 0. The van der Waals surface area contributed by atoms with Crippen molar-refractivity contribution in [2.75, 3.05) is 7.11 Å². The van der Waals surface area contributed by atoms with Crippen LogP contribution in [0.15, 0.2) is 12.5 Å². The maximum absolute atomic E-state index is 13.3. The highest BCUT2D eigenvalue weighted by Gasteiger charge is 2.60. The van der Waals surface area contributed by atoms with Crippen molar-refractivity contribution in [3.63, 3.8) is 0 Å². The van der Waals surface area contributed by atoms with Gasteiger partial charge in [-0.1, -0.05) is 0 Å². The molecular weight excluding hydrogens is 272 g/mol. The van der Waals surface area contributed by atoms with Crippen molar-refractivity contribution in [3.8, 4) is 0 Å². The molecule has 1 aliphatic rings. The zero-order valence-corrected chi connectivity index (χ0v) is 11.2. The van der Waals surface area contributed by atoms with E-state index in [4.69, 9.17) is 0 Å². The molecule has 1 fully saturated rings. The third-order valence-electron chi connectivity index (χ3n) is 3.32. The van der Waals surface area contributed by atoms with Crippen LogP contribution >= 0.6 is 0 Å². The van der Waals surface area contributed by atoms with E-state index in [9.17, 15) is 18.4 Å². The molecule has 20 heavy (non-hydrogen) atoms. The van der Waals surface area contributed by atoms with Crippen molar-refractivity contribution in [2.24, 2.45) is 0 Å². The van der Waals surface area contributed by atoms with E-state index in [-0.39, 0.29) is 25.1 Å². The summed E-state index contributed by atoms with van der Waals surface area (Å²) in [5.41, 5.74) is -1.36. The van der Waals surface area contributed by atoms with E-state index in [1.54, 1.807) is 0 Å². The maximum atomic E-state index is 13.3. The minimum absolute atomic E-state index is 0.0576. The molecule has 1 N–H and O–H groups in total. The van der Waals surface area contributed by atoms with Gasteiger partial charge in [0.25, 0.3) is 5.92 Å². The summed E-state index contributed by atoms with van der Waals surface area (Å²) in [5.74, 6) is -4.12. The fraction of sp³-hybridized carbons (Fsp3) is 0.583. The highest BCUT2D eigenvalue weighted by atomic mass is 19.3. The molecule has 2 rings (SSSR count). The van der Waals surface area contributed by atoms with Gasteiger partial charge in [-0.25, -0.2) is 18.6 Å². The highest BCUT2D eigenvalue weighted by molar-refractivity contribution is 5.87. The molecule has 0 spiro atoms. The number of ether oxygens (including phenoxy) is 1. The smallest absolute Gasteiger partial charge is 0.358 e. The van der Waals surface area contributed by atoms with Gasteiger partial charge < -0.3 is 14.6 Å². The van der Waals surface area contributed by atoms with E-state index in [0.29, 0.717) is 0 Å². The Morgan fingerprint density at radius 1 is 1.55 bits per heavy atom. The fourth-order valence-corrected chi connectivity index (χ4v) is 1.93. The summed E-state index contributed by atoms with van der Waals surface area (Å²) in [7, 11) is 1.22. The Morgan fingerprint density at radius 2 is 2.20 bits per heavy atom. The monoisotopic (exact) mass is 287 g/mol. The third-order valence-corrected chi connectivity index (χ3v) is 3.32. The molecule has 0 unspecified atom stereocenters. The Balaban J connectivity index is 1.96. The van der Waals surface area contributed by atoms with Gasteiger partial charge in [0.05, 0.1) is 13.4 Å². The van der Waals surface area contributed by atoms with Gasteiger partial charge in [-0.05, 0) is 12.8 Å². The first-order chi connectivity index (χ1) is 9.27. The molecule has 0 aromatic carbocycles. The molecule has 110 valence electrons. The summed E-state index contributed by atoms with van der Waals surface area (Å²) in [6, 6.07) is 0. The number of methoxy groups -OCH3 is 1. The van der Waals surface area contributed by atoms with E-state index in [1.165, 1.54) is 24.2 Å². The van der Waals surface area contributed by atoms with Crippen LogP contribution in [0.4, 0.5) is 8.78 Å². The zero-order chi connectivity index (χ0) is 15.0. The van der Waals surface area contributed by atoms with Gasteiger partial charge >= 0.3 is 5.97 Å². The maximum Gasteiger partial charge on any atom is 0.358 e. The number of aromatic nitrogens is 2. The Bertz CT molecular complexity index is 532. The second-order valence-electron chi connectivity index (χ2n) is 4.94. The molecule has 1 heterocycles. The summed E-state index contributed by atoms with van der Waals surface area (Å²) in [6.45, 7) is 0.620. The molecule has 0 radical (unpaired) electrons. The first-order valence-corrected chi connectivity index (χ1v) is 6.06. The highest BCUT2D eigenvalue weighted by Crippen LogP contribution is 2.47. The lowest BCUT2D eigenvalue weighted by molar-refractivity contribution is -0.126. The lowest BCUT2D eigenvalue weighted by Crippen LogP contribution is -2.49. The largest absolute Gasteiger partial charge is 0.464 e. The number of esters is 1. The zero-order valence-electron chi connectivity index (χ0n) is 11.2. The average Bonchev–Trinajstić information content (AvgIpc) is 2.99. The topological polar surface area (TPSA) is 73.2 Å². The van der Waals surface area contributed by atoms with Crippen LogP contribution in [0.2, 0.25) is 0 Å². The molecule has 1 aromatic heterocycles. The molecule has 8 heteroatoms. The molecule has 0 saturated heterocycles. The summed E-state index contributed by atoms with van der Waals surface area (Å²) in [6.07, 6.45) is 3.13. The van der Waals surface area contributed by atoms with Gasteiger partial charge in [-0.15, -0.1) is 0 Å². The molecule has 0 bridgehead atoms.